The van der Waals surface area contributed by atoms with Crippen LogP contribution in [0.3, 0.4) is 0 Å². The van der Waals surface area contributed by atoms with Gasteiger partial charge in [0.2, 0.25) is 0 Å². The molecule has 0 aliphatic carbocycles. The van der Waals surface area contributed by atoms with Crippen molar-refractivity contribution in [1.29, 1.82) is 0 Å². The topological polar surface area (TPSA) is 93.9 Å². The summed E-state index contributed by atoms with van der Waals surface area (Å²) in [5, 5.41) is 1.85. The van der Waals surface area contributed by atoms with Crippen molar-refractivity contribution in [1.82, 2.24) is 15.0 Å². The van der Waals surface area contributed by atoms with Crippen LogP contribution in [0.4, 0.5) is 4.79 Å². The van der Waals surface area contributed by atoms with Gasteiger partial charge in [-0.05, 0) is 24.3 Å². The van der Waals surface area contributed by atoms with E-state index in [2.05, 4.69) is 15.0 Å². The van der Waals surface area contributed by atoms with Crippen LogP contribution in [0.5, 0.6) is 5.75 Å². The van der Waals surface area contributed by atoms with E-state index in [0.717, 1.165) is 5.39 Å². The Kier molecular flexibility index (Phi) is 3.71. The lowest BCUT2D eigenvalue weighted by molar-refractivity contribution is 0.211. The van der Waals surface area contributed by atoms with E-state index in [-0.39, 0.29) is 5.75 Å². The highest BCUT2D eigenvalue weighted by atomic mass is 35.5. The molecule has 4 rings (SSSR count). The Bertz CT molecular complexity index is 1140. The highest BCUT2D eigenvalue weighted by Crippen LogP contribution is 2.35. The number of primary amides is 1. The van der Waals surface area contributed by atoms with Crippen molar-refractivity contribution in [2.24, 2.45) is 5.73 Å². The molecule has 6 nitrogen and oxygen atoms in total. The molecule has 1 amide bonds. The van der Waals surface area contributed by atoms with Gasteiger partial charge in [-0.3, -0.25) is 4.98 Å². The largest absolute Gasteiger partial charge is 0.410 e. The maximum Gasteiger partial charge on any atom is 0.410 e. The summed E-state index contributed by atoms with van der Waals surface area (Å²) in [7, 11) is 0. The summed E-state index contributed by atoms with van der Waals surface area (Å²) in [6, 6.07) is 10.5. The van der Waals surface area contributed by atoms with Crippen LogP contribution in [-0.2, 0) is 0 Å². The van der Waals surface area contributed by atoms with Crippen LogP contribution in [0, 0.1) is 0 Å². The number of fused-ring (bicyclic) bond motifs is 2. The van der Waals surface area contributed by atoms with E-state index in [1.807, 2.05) is 12.1 Å². The lowest BCUT2D eigenvalue weighted by Gasteiger charge is -2.06. The second-order valence-electron chi connectivity index (χ2n) is 5.31. The molecule has 25 heavy (non-hydrogen) atoms. The molecule has 3 N–H and O–H groups in total. The van der Waals surface area contributed by atoms with Gasteiger partial charge in [0, 0.05) is 11.6 Å². The van der Waals surface area contributed by atoms with Crippen LogP contribution in [0.2, 0.25) is 10.0 Å². The molecule has 0 aliphatic heterocycles. The zero-order chi connectivity index (χ0) is 17.6. The van der Waals surface area contributed by atoms with Gasteiger partial charge in [-0.15, -0.1) is 0 Å². The van der Waals surface area contributed by atoms with Gasteiger partial charge < -0.3 is 15.5 Å². The zero-order valence-electron chi connectivity index (χ0n) is 12.6. The van der Waals surface area contributed by atoms with E-state index < -0.39 is 6.09 Å². The van der Waals surface area contributed by atoms with Gasteiger partial charge in [-0.25, -0.2) is 9.78 Å². The van der Waals surface area contributed by atoms with E-state index >= 15 is 0 Å². The average molecular weight is 373 g/mol. The second-order valence-corrected chi connectivity index (χ2v) is 6.15. The minimum Gasteiger partial charge on any atom is -0.408 e. The second kappa shape index (κ2) is 5.91. The number of carbonyl (C=O) groups is 1. The summed E-state index contributed by atoms with van der Waals surface area (Å²) in [4.78, 5) is 23.1. The minimum atomic E-state index is -0.906. The first-order valence-electron chi connectivity index (χ1n) is 7.23. The Morgan fingerprint density at radius 3 is 2.80 bits per heavy atom. The number of hydrogen-bond donors (Lipinski definition) is 2. The molecule has 124 valence electrons. The Hall–Kier alpha value is -2.83. The van der Waals surface area contributed by atoms with Gasteiger partial charge in [0.05, 0.1) is 26.6 Å². The first-order chi connectivity index (χ1) is 12.0. The Balaban J connectivity index is 1.97. The fourth-order valence-corrected chi connectivity index (χ4v) is 3.10. The minimum absolute atomic E-state index is 0.264. The number of ether oxygens (including phenoxy) is 1. The number of para-hydroxylation sites is 1. The van der Waals surface area contributed by atoms with Gasteiger partial charge in [-0.2, -0.15) is 0 Å². The molecule has 0 saturated heterocycles. The Labute approximate surface area is 151 Å². The van der Waals surface area contributed by atoms with E-state index in [4.69, 9.17) is 33.7 Å². The van der Waals surface area contributed by atoms with Gasteiger partial charge in [-0.1, -0.05) is 35.3 Å². The van der Waals surface area contributed by atoms with Crippen LogP contribution in [-0.4, -0.2) is 21.0 Å². The molecular formula is C17H10Cl2N4O2. The van der Waals surface area contributed by atoms with E-state index in [1.165, 1.54) is 0 Å². The van der Waals surface area contributed by atoms with Crippen molar-refractivity contribution in [3.05, 3.63) is 52.6 Å². The third-order valence-corrected chi connectivity index (χ3v) is 4.21. The molecule has 2 aromatic heterocycles. The highest BCUT2D eigenvalue weighted by molar-refractivity contribution is 6.35. The summed E-state index contributed by atoms with van der Waals surface area (Å²) in [5.74, 6) is 0.765. The number of nitrogens with one attached hydrogen (secondary N) is 1. The van der Waals surface area contributed by atoms with Crippen molar-refractivity contribution in [2.45, 2.75) is 0 Å². The van der Waals surface area contributed by atoms with Crippen LogP contribution in [0.1, 0.15) is 0 Å². The summed E-state index contributed by atoms with van der Waals surface area (Å²) in [6.45, 7) is 0. The Morgan fingerprint density at radius 1 is 1.16 bits per heavy atom. The number of amides is 1. The number of H-pyrrole nitrogens is 1. The summed E-state index contributed by atoms with van der Waals surface area (Å²) in [6.07, 6.45) is 0.644. The molecule has 0 saturated carbocycles. The summed E-state index contributed by atoms with van der Waals surface area (Å²) in [5.41, 5.74) is 7.55. The fourth-order valence-electron chi connectivity index (χ4n) is 2.69. The smallest absolute Gasteiger partial charge is 0.408 e. The van der Waals surface area contributed by atoms with E-state index in [9.17, 15) is 4.79 Å². The van der Waals surface area contributed by atoms with Crippen molar-refractivity contribution < 1.29 is 9.53 Å². The van der Waals surface area contributed by atoms with Crippen molar-refractivity contribution in [3.63, 3.8) is 0 Å². The lowest BCUT2D eigenvalue weighted by Crippen LogP contribution is -2.16. The van der Waals surface area contributed by atoms with Gasteiger partial charge >= 0.3 is 6.09 Å². The van der Waals surface area contributed by atoms with Crippen molar-refractivity contribution >= 4 is 51.2 Å². The van der Waals surface area contributed by atoms with Crippen LogP contribution in [0.15, 0.2) is 42.6 Å². The van der Waals surface area contributed by atoms with Crippen LogP contribution in [0.25, 0.3) is 33.3 Å². The molecule has 0 atom stereocenters. The number of hydrogen-bond acceptors (Lipinski definition) is 4. The van der Waals surface area contributed by atoms with E-state index in [1.54, 1.807) is 30.5 Å². The van der Waals surface area contributed by atoms with Crippen molar-refractivity contribution in [2.75, 3.05) is 0 Å². The van der Waals surface area contributed by atoms with Gasteiger partial charge in [0.1, 0.15) is 11.3 Å². The monoisotopic (exact) mass is 372 g/mol. The fraction of sp³-hybridized carbons (Fsp3) is 0. The molecule has 2 heterocycles. The zero-order valence-corrected chi connectivity index (χ0v) is 14.1. The Morgan fingerprint density at radius 2 is 2.00 bits per heavy atom. The number of aromatic amines is 1. The number of pyridine rings is 1. The predicted octanol–water partition coefficient (Wildman–Crippen LogP) is 4.54. The van der Waals surface area contributed by atoms with Crippen LogP contribution < -0.4 is 10.5 Å². The number of nitrogens with two attached hydrogens (primary N) is 1. The van der Waals surface area contributed by atoms with Gasteiger partial charge in [0.15, 0.2) is 5.75 Å². The molecule has 0 radical (unpaired) electrons. The molecule has 0 unspecified atom stereocenters. The maximum atomic E-state index is 11.1. The molecule has 0 fully saturated rings. The summed E-state index contributed by atoms with van der Waals surface area (Å²) < 4.78 is 5.00. The quantitative estimate of drug-likeness (QED) is 0.539. The van der Waals surface area contributed by atoms with Gasteiger partial charge in [0.25, 0.3) is 0 Å². The number of rotatable bonds is 2. The molecule has 2 aromatic carbocycles. The number of halogens is 2. The average Bonchev–Trinajstić information content (AvgIpc) is 2.99. The first kappa shape index (κ1) is 15.7. The highest BCUT2D eigenvalue weighted by Gasteiger charge is 2.16. The predicted molar refractivity (Wildman–Crippen MR) is 97.1 cm³/mol. The summed E-state index contributed by atoms with van der Waals surface area (Å²) >= 11 is 12.4. The number of imidazole rings is 1. The number of nitrogens with zero attached hydrogens (tertiary/aromatic N) is 2. The molecular weight excluding hydrogens is 363 g/mol. The SMILES string of the molecule is NC(=O)Oc1cccc2[nH]c(-c3c(Cl)ccc4cc(Cl)cnc34)nc12. The lowest BCUT2D eigenvalue weighted by atomic mass is 10.1. The first-order valence-corrected chi connectivity index (χ1v) is 7.98. The number of aromatic nitrogens is 3. The van der Waals surface area contributed by atoms with Crippen molar-refractivity contribution in [3.8, 4) is 17.1 Å². The standard InChI is InChI=1S/C17H10Cl2N4O2/c18-9-6-8-4-5-10(19)13(14(8)21-7-9)16-22-11-2-1-3-12(15(11)23-16)25-17(20)24/h1-7H,(H2,20,24)(H,22,23). The third-order valence-electron chi connectivity index (χ3n) is 3.69. The van der Waals surface area contributed by atoms with E-state index in [0.29, 0.717) is 38.0 Å². The number of benzene rings is 2. The normalized spacial score (nSPS) is 11.1. The molecule has 0 bridgehead atoms. The number of carbonyl (C=O) groups excluding carboxylic acids is 1. The molecule has 8 heteroatoms. The molecule has 4 aromatic rings. The molecule has 0 aliphatic rings. The molecule has 0 spiro atoms. The maximum absolute atomic E-state index is 11.1. The third kappa shape index (κ3) is 2.75. The van der Waals surface area contributed by atoms with Crippen LogP contribution >= 0.6 is 23.2 Å².